The molecule has 100 valence electrons. The zero-order valence-corrected chi connectivity index (χ0v) is 11.5. The SMILES string of the molecule is CCC1(c2n[nH]c(C3CCCCC3)n2)CCCC1. The van der Waals surface area contributed by atoms with Gasteiger partial charge >= 0.3 is 0 Å². The Hall–Kier alpha value is -0.860. The van der Waals surface area contributed by atoms with Crippen molar-refractivity contribution in [2.24, 2.45) is 0 Å². The second-order valence-electron chi connectivity index (χ2n) is 6.22. The minimum Gasteiger partial charge on any atom is -0.263 e. The molecule has 2 fully saturated rings. The lowest BCUT2D eigenvalue weighted by Gasteiger charge is -2.23. The molecule has 1 aromatic heterocycles. The molecule has 1 heterocycles. The molecular weight excluding hydrogens is 222 g/mol. The lowest BCUT2D eigenvalue weighted by Crippen LogP contribution is -2.22. The Kier molecular flexibility index (Phi) is 3.40. The van der Waals surface area contributed by atoms with Crippen molar-refractivity contribution in [1.82, 2.24) is 15.2 Å². The molecular formula is C15H25N3. The van der Waals surface area contributed by atoms with Gasteiger partial charge in [-0.1, -0.05) is 39.0 Å². The van der Waals surface area contributed by atoms with Crippen LogP contribution in [0.5, 0.6) is 0 Å². The summed E-state index contributed by atoms with van der Waals surface area (Å²) < 4.78 is 0. The molecule has 0 unspecified atom stereocenters. The second-order valence-corrected chi connectivity index (χ2v) is 6.22. The molecule has 2 aliphatic rings. The predicted octanol–water partition coefficient (Wildman–Crippen LogP) is 4.07. The molecule has 3 nitrogen and oxygen atoms in total. The van der Waals surface area contributed by atoms with E-state index in [2.05, 4.69) is 17.1 Å². The summed E-state index contributed by atoms with van der Waals surface area (Å²) >= 11 is 0. The molecule has 0 saturated heterocycles. The normalized spacial score (nSPS) is 24.5. The summed E-state index contributed by atoms with van der Waals surface area (Å²) in [4.78, 5) is 4.89. The molecule has 0 bridgehead atoms. The fourth-order valence-corrected chi connectivity index (χ4v) is 3.86. The molecule has 3 rings (SSSR count). The molecule has 0 radical (unpaired) electrons. The second kappa shape index (κ2) is 5.02. The largest absolute Gasteiger partial charge is 0.263 e. The summed E-state index contributed by atoms with van der Waals surface area (Å²) in [7, 11) is 0. The Morgan fingerprint density at radius 1 is 1.11 bits per heavy atom. The van der Waals surface area contributed by atoms with E-state index in [-0.39, 0.29) is 0 Å². The topological polar surface area (TPSA) is 41.6 Å². The fourth-order valence-electron chi connectivity index (χ4n) is 3.86. The molecule has 18 heavy (non-hydrogen) atoms. The summed E-state index contributed by atoms with van der Waals surface area (Å²) in [6.07, 6.45) is 13.2. The first kappa shape index (κ1) is 12.2. The Bertz CT molecular complexity index is 384. The molecule has 2 saturated carbocycles. The number of rotatable bonds is 3. The van der Waals surface area contributed by atoms with E-state index in [4.69, 9.17) is 4.98 Å². The molecule has 1 aromatic rings. The molecule has 2 aliphatic carbocycles. The molecule has 0 spiro atoms. The monoisotopic (exact) mass is 247 g/mol. The van der Waals surface area contributed by atoms with Gasteiger partial charge in [0.15, 0.2) is 5.82 Å². The highest BCUT2D eigenvalue weighted by molar-refractivity contribution is 5.12. The van der Waals surface area contributed by atoms with Gasteiger partial charge < -0.3 is 0 Å². The Labute approximate surface area is 110 Å². The van der Waals surface area contributed by atoms with Crippen molar-refractivity contribution in [2.75, 3.05) is 0 Å². The van der Waals surface area contributed by atoms with E-state index in [1.807, 2.05) is 0 Å². The van der Waals surface area contributed by atoms with Gasteiger partial charge in [-0.15, -0.1) is 0 Å². The number of H-pyrrole nitrogens is 1. The zero-order valence-electron chi connectivity index (χ0n) is 11.5. The van der Waals surface area contributed by atoms with Crippen LogP contribution in [-0.2, 0) is 5.41 Å². The van der Waals surface area contributed by atoms with Gasteiger partial charge in [0.25, 0.3) is 0 Å². The lowest BCUT2D eigenvalue weighted by molar-refractivity contribution is 0.397. The van der Waals surface area contributed by atoms with Gasteiger partial charge in [0.1, 0.15) is 5.82 Å². The maximum atomic E-state index is 4.89. The maximum absolute atomic E-state index is 4.89. The van der Waals surface area contributed by atoms with Crippen LogP contribution in [-0.4, -0.2) is 15.2 Å². The van der Waals surface area contributed by atoms with E-state index in [0.29, 0.717) is 11.3 Å². The van der Waals surface area contributed by atoms with Crippen LogP contribution in [0, 0.1) is 0 Å². The van der Waals surface area contributed by atoms with E-state index in [9.17, 15) is 0 Å². The summed E-state index contributed by atoms with van der Waals surface area (Å²) in [5.41, 5.74) is 0.295. The third-order valence-corrected chi connectivity index (χ3v) is 5.21. The van der Waals surface area contributed by atoms with E-state index in [1.54, 1.807) is 0 Å². The van der Waals surface area contributed by atoms with Crippen LogP contribution in [0.2, 0.25) is 0 Å². The molecule has 1 N–H and O–H groups in total. The van der Waals surface area contributed by atoms with Gasteiger partial charge in [0, 0.05) is 11.3 Å². The first-order valence-electron chi connectivity index (χ1n) is 7.77. The lowest BCUT2D eigenvalue weighted by atomic mass is 9.82. The quantitative estimate of drug-likeness (QED) is 0.874. The number of nitrogens with zero attached hydrogens (tertiary/aromatic N) is 2. The molecule has 0 aliphatic heterocycles. The number of nitrogens with one attached hydrogen (secondary N) is 1. The first-order chi connectivity index (χ1) is 8.84. The number of hydrogen-bond acceptors (Lipinski definition) is 2. The zero-order chi connectivity index (χ0) is 12.4. The standard InChI is InChI=1S/C15H25N3/c1-2-15(10-6-7-11-15)14-16-13(17-18-14)12-8-4-3-5-9-12/h12H,2-11H2,1H3,(H,16,17,18). The van der Waals surface area contributed by atoms with Crippen LogP contribution in [0.15, 0.2) is 0 Å². The van der Waals surface area contributed by atoms with E-state index < -0.39 is 0 Å². The minimum absolute atomic E-state index is 0.295. The number of aromatic nitrogens is 3. The first-order valence-corrected chi connectivity index (χ1v) is 7.77. The van der Waals surface area contributed by atoms with Crippen molar-refractivity contribution >= 4 is 0 Å². The van der Waals surface area contributed by atoms with Crippen LogP contribution in [0.4, 0.5) is 0 Å². The van der Waals surface area contributed by atoms with Crippen molar-refractivity contribution in [1.29, 1.82) is 0 Å². The highest BCUT2D eigenvalue weighted by Crippen LogP contribution is 2.42. The van der Waals surface area contributed by atoms with Crippen molar-refractivity contribution in [3.63, 3.8) is 0 Å². The molecule has 3 heteroatoms. The summed E-state index contributed by atoms with van der Waals surface area (Å²) in [5.74, 6) is 2.93. The van der Waals surface area contributed by atoms with E-state index in [1.165, 1.54) is 70.0 Å². The third kappa shape index (κ3) is 2.08. The summed E-state index contributed by atoms with van der Waals surface area (Å²) in [6.45, 7) is 2.29. The van der Waals surface area contributed by atoms with Crippen LogP contribution < -0.4 is 0 Å². The van der Waals surface area contributed by atoms with Gasteiger partial charge in [-0.2, -0.15) is 5.10 Å². The van der Waals surface area contributed by atoms with Crippen LogP contribution >= 0.6 is 0 Å². The highest BCUT2D eigenvalue weighted by atomic mass is 15.2. The van der Waals surface area contributed by atoms with Crippen molar-refractivity contribution < 1.29 is 0 Å². The van der Waals surface area contributed by atoms with E-state index in [0.717, 1.165) is 5.82 Å². The predicted molar refractivity (Wildman–Crippen MR) is 72.6 cm³/mol. The molecule has 0 aromatic carbocycles. The van der Waals surface area contributed by atoms with Gasteiger partial charge in [-0.25, -0.2) is 4.98 Å². The Balaban J connectivity index is 1.79. The highest BCUT2D eigenvalue weighted by Gasteiger charge is 2.37. The maximum Gasteiger partial charge on any atom is 0.156 e. The van der Waals surface area contributed by atoms with Gasteiger partial charge in [-0.05, 0) is 32.1 Å². The van der Waals surface area contributed by atoms with Gasteiger partial charge in [-0.3, -0.25) is 5.10 Å². The smallest absolute Gasteiger partial charge is 0.156 e. The Morgan fingerprint density at radius 3 is 2.50 bits per heavy atom. The molecule has 0 atom stereocenters. The number of aromatic amines is 1. The molecule has 0 amide bonds. The fraction of sp³-hybridized carbons (Fsp3) is 0.867. The van der Waals surface area contributed by atoms with Gasteiger partial charge in [0.2, 0.25) is 0 Å². The van der Waals surface area contributed by atoms with Crippen molar-refractivity contribution in [3.8, 4) is 0 Å². The van der Waals surface area contributed by atoms with Gasteiger partial charge in [0.05, 0.1) is 0 Å². The number of hydrogen-bond donors (Lipinski definition) is 1. The van der Waals surface area contributed by atoms with E-state index >= 15 is 0 Å². The van der Waals surface area contributed by atoms with Crippen LogP contribution in [0.25, 0.3) is 0 Å². The Morgan fingerprint density at radius 2 is 1.83 bits per heavy atom. The summed E-state index contributed by atoms with van der Waals surface area (Å²) in [6, 6.07) is 0. The third-order valence-electron chi connectivity index (χ3n) is 5.21. The minimum atomic E-state index is 0.295. The average molecular weight is 247 g/mol. The van der Waals surface area contributed by atoms with Crippen molar-refractivity contribution in [3.05, 3.63) is 11.6 Å². The average Bonchev–Trinajstić information content (AvgIpc) is 3.09. The van der Waals surface area contributed by atoms with Crippen molar-refractivity contribution in [2.45, 2.75) is 82.5 Å². The van der Waals surface area contributed by atoms with Crippen LogP contribution in [0.3, 0.4) is 0 Å². The summed E-state index contributed by atoms with van der Waals surface area (Å²) in [5, 5.41) is 7.83. The van der Waals surface area contributed by atoms with Crippen LogP contribution in [0.1, 0.15) is 88.7 Å².